The van der Waals surface area contributed by atoms with E-state index in [1.807, 2.05) is 88.4 Å². The molecule has 368 valence electrons. The number of hydrogen-bond acceptors (Lipinski definition) is 14. The first kappa shape index (κ1) is 54.9. The second-order valence-corrected chi connectivity index (χ2v) is 17.2. The molecule has 0 fully saturated rings. The van der Waals surface area contributed by atoms with E-state index in [-0.39, 0.29) is 42.6 Å². The topological polar surface area (TPSA) is 191 Å². The van der Waals surface area contributed by atoms with Gasteiger partial charge in [-0.2, -0.15) is 0 Å². The summed E-state index contributed by atoms with van der Waals surface area (Å²) in [5.41, 5.74) is 0.698. The van der Waals surface area contributed by atoms with E-state index >= 15 is 0 Å². The summed E-state index contributed by atoms with van der Waals surface area (Å²) >= 11 is 0. The van der Waals surface area contributed by atoms with Crippen LogP contribution in [0.2, 0.25) is 0 Å². The molecule has 2 N–H and O–H groups in total. The molecule has 69 heavy (non-hydrogen) atoms. The van der Waals surface area contributed by atoms with Gasteiger partial charge < -0.3 is 52.2 Å². The fourth-order valence-corrected chi connectivity index (χ4v) is 6.35. The molecule has 0 unspecified atom stereocenters. The molecule has 0 aliphatic heterocycles. The van der Waals surface area contributed by atoms with Gasteiger partial charge in [0.2, 0.25) is 0 Å². The van der Waals surface area contributed by atoms with E-state index in [0.29, 0.717) is 32.7 Å². The first-order valence-electron chi connectivity index (χ1n) is 22.3. The number of allylic oxidation sites excluding steroid dienone is 4. The molecule has 0 saturated heterocycles. The van der Waals surface area contributed by atoms with Crippen molar-refractivity contribution in [2.24, 2.45) is 10.8 Å². The van der Waals surface area contributed by atoms with Crippen molar-refractivity contribution in [2.75, 3.05) is 41.7 Å². The zero-order chi connectivity index (χ0) is 50.1. The Labute approximate surface area is 405 Å². The summed E-state index contributed by atoms with van der Waals surface area (Å²) in [6.07, 6.45) is 15.1. The van der Waals surface area contributed by atoms with Gasteiger partial charge in [0.05, 0.1) is 71.8 Å². The zero-order valence-electron chi connectivity index (χ0n) is 40.6. The van der Waals surface area contributed by atoms with Crippen LogP contribution < -0.4 is 9.47 Å². The summed E-state index contributed by atoms with van der Waals surface area (Å²) in [5.74, 6) is 12.0. The molecule has 4 aromatic rings. The number of esters is 1. The number of hydrogen-bond donors (Lipinski definition) is 2. The molecular formula is C54H64N2O13. The van der Waals surface area contributed by atoms with Gasteiger partial charge >= 0.3 is 11.9 Å². The average molecular weight is 949 g/mol. The number of carbonyl (C=O) groups is 2. The van der Waals surface area contributed by atoms with Gasteiger partial charge in [-0.15, -0.1) is 0 Å². The Morgan fingerprint density at radius 3 is 1.57 bits per heavy atom. The van der Waals surface area contributed by atoms with E-state index in [4.69, 9.17) is 47.1 Å². The van der Waals surface area contributed by atoms with Crippen molar-refractivity contribution < 1.29 is 61.8 Å². The lowest BCUT2D eigenvalue weighted by Gasteiger charge is -2.33. The van der Waals surface area contributed by atoms with Crippen LogP contribution in [0.4, 0.5) is 0 Å². The number of nitrogens with zero attached hydrogens (tertiary/aromatic N) is 2. The van der Waals surface area contributed by atoms with Crippen molar-refractivity contribution >= 4 is 11.9 Å². The Morgan fingerprint density at radius 2 is 1.10 bits per heavy atom. The summed E-state index contributed by atoms with van der Waals surface area (Å²) in [6, 6.07) is 15.3. The van der Waals surface area contributed by atoms with Crippen LogP contribution in [0.25, 0.3) is 0 Å². The fraction of sp³-hybridized carbons (Fsp3) is 0.407. The third kappa shape index (κ3) is 19.4. The lowest BCUT2D eigenvalue weighted by atomic mass is 9.85. The molecule has 0 aliphatic rings. The van der Waals surface area contributed by atoms with E-state index in [0.717, 1.165) is 28.9 Å². The van der Waals surface area contributed by atoms with Crippen LogP contribution in [0.1, 0.15) is 84.4 Å². The number of oxazole rings is 2. The maximum absolute atomic E-state index is 13.6. The number of carboxylic acids is 1. The maximum atomic E-state index is 13.6. The molecule has 2 heterocycles. The number of carboxylic acid groups (broad SMARTS) is 1. The summed E-state index contributed by atoms with van der Waals surface area (Å²) in [6.45, 7) is 9.27. The van der Waals surface area contributed by atoms with Crippen LogP contribution in [-0.4, -0.2) is 98.2 Å². The largest absolute Gasteiger partial charge is 0.497 e. The molecule has 0 bridgehead atoms. The molecule has 0 spiro atoms. The number of aromatic nitrogens is 2. The summed E-state index contributed by atoms with van der Waals surface area (Å²) < 4.78 is 50.5. The smallest absolute Gasteiger partial charge is 0.360 e. The maximum Gasteiger partial charge on any atom is 0.360 e. The molecule has 0 amide bonds. The second-order valence-electron chi connectivity index (χ2n) is 17.2. The third-order valence-electron chi connectivity index (χ3n) is 10.8. The lowest BCUT2D eigenvalue weighted by Crippen LogP contribution is -2.37. The van der Waals surface area contributed by atoms with Crippen LogP contribution in [0.5, 0.6) is 11.5 Å². The number of methoxy groups -OCH3 is 4. The molecule has 4 atom stereocenters. The minimum atomic E-state index is -1.18. The van der Waals surface area contributed by atoms with Crippen LogP contribution in [0, 0.1) is 34.5 Å². The minimum absolute atomic E-state index is 0.00779. The molecule has 15 nitrogen and oxygen atoms in total. The molecule has 4 rings (SSSR count). The van der Waals surface area contributed by atoms with Gasteiger partial charge in [0.25, 0.3) is 0 Å². The van der Waals surface area contributed by atoms with Crippen molar-refractivity contribution in [3.8, 4) is 35.2 Å². The van der Waals surface area contributed by atoms with Crippen LogP contribution in [-0.2, 0) is 49.7 Å². The Morgan fingerprint density at radius 1 is 0.652 bits per heavy atom. The fourth-order valence-electron chi connectivity index (χ4n) is 6.35. The van der Waals surface area contributed by atoms with Gasteiger partial charge in [-0.3, -0.25) is 0 Å². The van der Waals surface area contributed by atoms with Crippen LogP contribution in [0.15, 0.2) is 118 Å². The van der Waals surface area contributed by atoms with Crippen molar-refractivity contribution in [2.45, 2.75) is 91.0 Å². The third-order valence-corrected chi connectivity index (χ3v) is 10.8. The van der Waals surface area contributed by atoms with Crippen molar-refractivity contribution in [1.82, 2.24) is 9.97 Å². The van der Waals surface area contributed by atoms with Gasteiger partial charge in [0, 0.05) is 31.5 Å². The highest BCUT2D eigenvalue weighted by Crippen LogP contribution is 2.29. The van der Waals surface area contributed by atoms with Crippen molar-refractivity contribution in [1.29, 1.82) is 0 Å². The quantitative estimate of drug-likeness (QED) is 0.0426. The number of rotatable bonds is 27. The predicted molar refractivity (Wildman–Crippen MR) is 258 cm³/mol. The highest BCUT2D eigenvalue weighted by Gasteiger charge is 2.34. The van der Waals surface area contributed by atoms with E-state index in [2.05, 4.69) is 33.6 Å². The number of aromatic carboxylic acids is 1. The van der Waals surface area contributed by atoms with Gasteiger partial charge in [-0.25, -0.2) is 19.6 Å². The Hall–Kier alpha value is -6.72. The van der Waals surface area contributed by atoms with Crippen molar-refractivity contribution in [3.63, 3.8) is 0 Å². The predicted octanol–water partition coefficient (Wildman–Crippen LogP) is 8.58. The molecule has 2 aromatic carbocycles. The molecule has 0 saturated carbocycles. The minimum Gasteiger partial charge on any atom is -0.497 e. The molecular weight excluding hydrogens is 885 g/mol. The van der Waals surface area contributed by atoms with Crippen LogP contribution in [0.3, 0.4) is 0 Å². The Balaban J connectivity index is 1.31. The number of ether oxygens (including phenoxy) is 7. The number of benzene rings is 2. The van der Waals surface area contributed by atoms with E-state index < -0.39 is 47.2 Å². The number of aliphatic hydroxyl groups is 1. The Bertz CT molecular complexity index is 2440. The first-order chi connectivity index (χ1) is 33.2. The van der Waals surface area contributed by atoms with Crippen molar-refractivity contribution in [3.05, 3.63) is 144 Å². The van der Waals surface area contributed by atoms with E-state index in [9.17, 15) is 14.7 Å². The molecule has 0 aliphatic carbocycles. The monoisotopic (exact) mass is 948 g/mol. The highest BCUT2D eigenvalue weighted by molar-refractivity contribution is 5.87. The van der Waals surface area contributed by atoms with Gasteiger partial charge in [0.15, 0.2) is 23.2 Å². The molecule has 15 heteroatoms. The summed E-state index contributed by atoms with van der Waals surface area (Å²) in [4.78, 5) is 33.0. The molecule has 0 radical (unpaired) electrons. The van der Waals surface area contributed by atoms with E-state index in [1.165, 1.54) is 13.4 Å². The number of aliphatic hydroxyl groups excluding tert-OH is 1. The Kier molecular flexibility index (Phi) is 22.7. The summed E-state index contributed by atoms with van der Waals surface area (Å²) in [5, 5.41) is 19.9. The SMILES string of the molecule is COc1ccc(COCC(C)(C)[C@H](C/C=C\C#C/C=C/[C@@H](Cc2nc(C(=O)O)co2)OC)OC(=O)c2coc(C[C@H](/C=C/C#C/C=C\C[C@H](O)C(C)(C)COCc3ccc(OC)cc3)OC)n2)cc1. The van der Waals surface area contributed by atoms with Crippen LogP contribution >= 0.6 is 0 Å². The lowest BCUT2D eigenvalue weighted by molar-refractivity contribution is -0.0462. The van der Waals surface area contributed by atoms with E-state index in [1.54, 1.807) is 57.8 Å². The zero-order valence-corrected chi connectivity index (χ0v) is 40.6. The molecule has 2 aromatic heterocycles. The standard InChI is InChI=1S/C54H64N2O13/c1-53(2,37-65-33-39-23-27-41(61-5)28-24-39)47(57)21-17-13-9-11-15-20-44(64-8)32-50-56-46(36-68-50)52(60)69-48(54(3,4)38-66-34-40-25-29-42(62-6)30-26-40)22-18-14-10-12-16-19-43(63-7)31-49-55-45(35-67-49)51(58)59/h13-20,23-30,35-36,43-44,47-48,57H,21-22,31-34,37-38H2,1-8H3,(H,58,59)/b17-13-,18-14-,19-16+,20-15+/t43-,44-,47-,48-/m0/s1. The highest BCUT2D eigenvalue weighted by atomic mass is 16.6. The first-order valence-corrected chi connectivity index (χ1v) is 22.3. The number of carbonyl (C=O) groups excluding carboxylic acids is 1. The normalized spacial score (nSPS) is 13.8. The summed E-state index contributed by atoms with van der Waals surface area (Å²) in [7, 11) is 6.31. The van der Waals surface area contributed by atoms with Gasteiger partial charge in [-0.05, 0) is 78.3 Å². The van der Waals surface area contributed by atoms with Gasteiger partial charge in [0.1, 0.15) is 30.1 Å². The average Bonchev–Trinajstić information content (AvgIpc) is 4.03. The second kappa shape index (κ2) is 28.6. The van der Waals surface area contributed by atoms with Gasteiger partial charge in [-0.1, -0.05) is 87.8 Å².